The summed E-state index contributed by atoms with van der Waals surface area (Å²) in [5, 5.41) is 8.96. The molecule has 1 aliphatic heterocycles. The first-order valence-corrected chi connectivity index (χ1v) is 7.77. The van der Waals surface area contributed by atoms with E-state index in [1.807, 2.05) is 6.92 Å². The lowest BCUT2D eigenvalue weighted by Crippen LogP contribution is -2.50. The molecule has 114 valence electrons. The first kappa shape index (κ1) is 16.0. The Bertz CT molecular complexity index is 446. The average molecular weight is 286 g/mol. The van der Waals surface area contributed by atoms with E-state index in [2.05, 4.69) is 58.1 Å². The van der Waals surface area contributed by atoms with Gasteiger partial charge in [0.1, 0.15) is 0 Å². The van der Waals surface area contributed by atoms with Crippen molar-refractivity contribution in [2.24, 2.45) is 0 Å². The van der Waals surface area contributed by atoms with Crippen LogP contribution in [0.5, 0.6) is 0 Å². The molecule has 2 rings (SSSR count). The van der Waals surface area contributed by atoms with Gasteiger partial charge >= 0.3 is 0 Å². The van der Waals surface area contributed by atoms with Crippen molar-refractivity contribution in [2.75, 3.05) is 46.3 Å². The summed E-state index contributed by atoms with van der Waals surface area (Å²) < 4.78 is 0. The molecule has 0 spiro atoms. The molecule has 1 heterocycles. The molecule has 1 aliphatic rings. The van der Waals surface area contributed by atoms with Gasteiger partial charge in [0.05, 0.1) is 12.1 Å². The van der Waals surface area contributed by atoms with Crippen molar-refractivity contribution in [1.82, 2.24) is 14.7 Å². The van der Waals surface area contributed by atoms with Gasteiger partial charge in [-0.2, -0.15) is 5.26 Å². The van der Waals surface area contributed by atoms with Gasteiger partial charge in [0.25, 0.3) is 0 Å². The van der Waals surface area contributed by atoms with Crippen LogP contribution in [0.1, 0.15) is 12.5 Å². The van der Waals surface area contributed by atoms with E-state index < -0.39 is 0 Å². The zero-order valence-electron chi connectivity index (χ0n) is 13.2. The Morgan fingerprint density at radius 1 is 1.19 bits per heavy atom. The number of rotatable bonds is 6. The second-order valence-electron chi connectivity index (χ2n) is 5.91. The highest BCUT2D eigenvalue weighted by Crippen LogP contribution is 2.07. The summed E-state index contributed by atoms with van der Waals surface area (Å²) in [5.41, 5.74) is 1.37. The van der Waals surface area contributed by atoms with E-state index in [-0.39, 0.29) is 6.04 Å². The van der Waals surface area contributed by atoms with E-state index >= 15 is 0 Å². The Labute approximate surface area is 128 Å². The minimum Gasteiger partial charge on any atom is -0.301 e. The van der Waals surface area contributed by atoms with Crippen LogP contribution < -0.4 is 0 Å². The summed E-state index contributed by atoms with van der Waals surface area (Å²) in [6.45, 7) is 9.36. The SMILES string of the molecule is C[C@@H](C#N)N1CCN(CCN(C)Cc2ccccc2)CC1. The third kappa shape index (κ3) is 5.13. The second kappa shape index (κ2) is 8.14. The number of nitrogens with zero attached hydrogens (tertiary/aromatic N) is 4. The quantitative estimate of drug-likeness (QED) is 0.796. The zero-order chi connectivity index (χ0) is 15.1. The van der Waals surface area contributed by atoms with Crippen molar-refractivity contribution in [3.8, 4) is 6.07 Å². The number of nitriles is 1. The summed E-state index contributed by atoms with van der Waals surface area (Å²) in [6.07, 6.45) is 0. The van der Waals surface area contributed by atoms with Gasteiger partial charge in [-0.3, -0.25) is 9.80 Å². The summed E-state index contributed by atoms with van der Waals surface area (Å²) >= 11 is 0. The molecule has 0 radical (unpaired) electrons. The molecule has 1 atom stereocenters. The van der Waals surface area contributed by atoms with Gasteiger partial charge in [-0.1, -0.05) is 30.3 Å². The first-order valence-electron chi connectivity index (χ1n) is 7.77. The predicted octanol–water partition coefficient (Wildman–Crippen LogP) is 1.65. The zero-order valence-corrected chi connectivity index (χ0v) is 13.2. The summed E-state index contributed by atoms with van der Waals surface area (Å²) in [4.78, 5) is 7.14. The normalized spacial score (nSPS) is 18.6. The lowest BCUT2D eigenvalue weighted by atomic mass is 10.2. The Kier molecular flexibility index (Phi) is 6.19. The summed E-state index contributed by atoms with van der Waals surface area (Å²) in [5.74, 6) is 0. The molecule has 0 amide bonds. The lowest BCUT2D eigenvalue weighted by Gasteiger charge is -2.36. The van der Waals surface area contributed by atoms with Crippen molar-refractivity contribution in [3.05, 3.63) is 35.9 Å². The van der Waals surface area contributed by atoms with Gasteiger partial charge in [0, 0.05) is 45.8 Å². The molecule has 0 N–H and O–H groups in total. The van der Waals surface area contributed by atoms with Gasteiger partial charge in [-0.25, -0.2) is 0 Å². The van der Waals surface area contributed by atoms with Crippen LogP contribution >= 0.6 is 0 Å². The molecule has 21 heavy (non-hydrogen) atoms. The van der Waals surface area contributed by atoms with Crippen LogP contribution in [-0.4, -0.2) is 67.1 Å². The van der Waals surface area contributed by atoms with Crippen LogP contribution in [0.2, 0.25) is 0 Å². The molecule has 4 heteroatoms. The number of hydrogen-bond donors (Lipinski definition) is 0. The molecule has 0 saturated carbocycles. The van der Waals surface area contributed by atoms with Crippen LogP contribution in [0, 0.1) is 11.3 Å². The number of piperazine rings is 1. The average Bonchev–Trinajstić information content (AvgIpc) is 2.53. The Morgan fingerprint density at radius 2 is 1.86 bits per heavy atom. The largest absolute Gasteiger partial charge is 0.301 e. The topological polar surface area (TPSA) is 33.5 Å². The molecule has 1 aromatic carbocycles. The molecule has 1 saturated heterocycles. The van der Waals surface area contributed by atoms with Gasteiger partial charge < -0.3 is 4.90 Å². The van der Waals surface area contributed by atoms with E-state index in [9.17, 15) is 0 Å². The monoisotopic (exact) mass is 286 g/mol. The van der Waals surface area contributed by atoms with Gasteiger partial charge in [0.2, 0.25) is 0 Å². The van der Waals surface area contributed by atoms with E-state index in [1.54, 1.807) is 0 Å². The molecular weight excluding hydrogens is 260 g/mol. The third-order valence-corrected chi connectivity index (χ3v) is 4.23. The molecule has 0 aliphatic carbocycles. The van der Waals surface area contributed by atoms with Crippen molar-refractivity contribution in [3.63, 3.8) is 0 Å². The van der Waals surface area contributed by atoms with Crippen molar-refractivity contribution in [1.29, 1.82) is 5.26 Å². The Morgan fingerprint density at radius 3 is 2.48 bits per heavy atom. The minimum absolute atomic E-state index is 0.0490. The summed E-state index contributed by atoms with van der Waals surface area (Å²) in [7, 11) is 2.18. The first-order chi connectivity index (χ1) is 10.2. The van der Waals surface area contributed by atoms with Crippen molar-refractivity contribution >= 4 is 0 Å². The van der Waals surface area contributed by atoms with Crippen LogP contribution in [0.15, 0.2) is 30.3 Å². The second-order valence-corrected chi connectivity index (χ2v) is 5.91. The number of likely N-dealkylation sites (N-methyl/N-ethyl adjacent to an activating group) is 1. The molecule has 0 aromatic heterocycles. The smallest absolute Gasteiger partial charge is 0.0950 e. The maximum absolute atomic E-state index is 8.96. The molecule has 1 aromatic rings. The predicted molar refractivity (Wildman–Crippen MR) is 85.9 cm³/mol. The third-order valence-electron chi connectivity index (χ3n) is 4.23. The van der Waals surface area contributed by atoms with E-state index in [4.69, 9.17) is 5.26 Å². The lowest BCUT2D eigenvalue weighted by molar-refractivity contribution is 0.110. The fraction of sp³-hybridized carbons (Fsp3) is 0.588. The maximum atomic E-state index is 8.96. The highest BCUT2D eigenvalue weighted by molar-refractivity contribution is 5.14. The molecule has 4 nitrogen and oxygen atoms in total. The molecular formula is C17H26N4. The minimum atomic E-state index is 0.0490. The Balaban J connectivity index is 1.67. The standard InChI is InChI=1S/C17H26N4/c1-16(14-18)21-12-10-20(11-13-21)9-8-19(2)15-17-6-4-3-5-7-17/h3-7,16H,8-13,15H2,1-2H3/t16-/m0/s1. The highest BCUT2D eigenvalue weighted by Gasteiger charge is 2.20. The highest BCUT2D eigenvalue weighted by atomic mass is 15.3. The number of benzene rings is 1. The van der Waals surface area contributed by atoms with Gasteiger partial charge in [0.15, 0.2) is 0 Å². The molecule has 0 unspecified atom stereocenters. The summed E-state index contributed by atoms with van der Waals surface area (Å²) in [6, 6.07) is 13.0. The van der Waals surface area contributed by atoms with Gasteiger partial charge in [-0.05, 0) is 19.5 Å². The molecule has 0 bridgehead atoms. The van der Waals surface area contributed by atoms with E-state index in [0.717, 1.165) is 45.8 Å². The van der Waals surface area contributed by atoms with Crippen LogP contribution in [0.25, 0.3) is 0 Å². The van der Waals surface area contributed by atoms with Crippen LogP contribution in [0.3, 0.4) is 0 Å². The van der Waals surface area contributed by atoms with Crippen LogP contribution in [-0.2, 0) is 6.54 Å². The fourth-order valence-electron chi connectivity index (χ4n) is 2.74. The Hall–Kier alpha value is -1.41. The number of hydrogen-bond acceptors (Lipinski definition) is 4. The van der Waals surface area contributed by atoms with E-state index in [0.29, 0.717) is 0 Å². The van der Waals surface area contributed by atoms with Crippen molar-refractivity contribution in [2.45, 2.75) is 19.5 Å². The molecule has 1 fully saturated rings. The maximum Gasteiger partial charge on any atom is 0.0950 e. The van der Waals surface area contributed by atoms with E-state index in [1.165, 1.54) is 5.56 Å². The van der Waals surface area contributed by atoms with Crippen LogP contribution in [0.4, 0.5) is 0 Å². The fourth-order valence-corrected chi connectivity index (χ4v) is 2.74. The van der Waals surface area contributed by atoms with Gasteiger partial charge in [-0.15, -0.1) is 0 Å². The van der Waals surface area contributed by atoms with Crippen molar-refractivity contribution < 1.29 is 0 Å².